The van der Waals surface area contributed by atoms with Crippen LogP contribution in [0, 0.1) is 16.5 Å². The van der Waals surface area contributed by atoms with Crippen molar-refractivity contribution < 1.29 is 4.39 Å². The first-order valence-electron chi connectivity index (χ1n) is 9.06. The van der Waals surface area contributed by atoms with Crippen molar-refractivity contribution in [2.75, 3.05) is 13.1 Å². The Morgan fingerprint density at radius 2 is 2.24 bits per heavy atom. The topological polar surface area (TPSA) is 32.8 Å². The molecule has 2 atom stereocenters. The predicted octanol–water partition coefficient (Wildman–Crippen LogP) is 4.43. The Balaban J connectivity index is 1.39. The molecule has 1 aliphatic heterocycles. The van der Waals surface area contributed by atoms with Crippen LogP contribution in [0.2, 0.25) is 0 Å². The molecule has 6 heteroatoms. The molecule has 2 saturated carbocycles. The molecule has 0 bridgehead atoms. The number of aromatic nitrogens is 2. The summed E-state index contributed by atoms with van der Waals surface area (Å²) in [7, 11) is 0. The number of fused-ring (bicyclic) bond motifs is 3. The number of hydrogen-bond donors (Lipinski definition) is 2. The number of aromatic amines is 1. The van der Waals surface area contributed by atoms with Gasteiger partial charge in [0.05, 0.1) is 0 Å². The van der Waals surface area contributed by atoms with Crippen LogP contribution >= 0.6 is 28.1 Å². The number of nitrogens with zero attached hydrogens (tertiary/aromatic N) is 1. The minimum absolute atomic E-state index is 0.0952. The van der Waals surface area contributed by atoms with E-state index >= 15 is 0 Å². The van der Waals surface area contributed by atoms with Crippen LogP contribution in [-0.2, 0) is 18.4 Å². The molecule has 25 heavy (non-hydrogen) atoms. The van der Waals surface area contributed by atoms with Gasteiger partial charge in [-0.2, -0.15) is 0 Å². The Hall–Kier alpha value is -0.980. The molecule has 132 valence electrons. The van der Waals surface area contributed by atoms with Gasteiger partial charge in [-0.1, -0.05) is 15.9 Å². The zero-order valence-corrected chi connectivity index (χ0v) is 16.4. The van der Waals surface area contributed by atoms with Crippen molar-refractivity contribution in [3.63, 3.8) is 0 Å². The molecule has 0 amide bonds. The molecule has 1 aromatic carbocycles. The van der Waals surface area contributed by atoms with Crippen molar-refractivity contribution in [2.24, 2.45) is 5.92 Å². The summed E-state index contributed by atoms with van der Waals surface area (Å²) in [6.07, 6.45) is 4.74. The van der Waals surface area contributed by atoms with Crippen molar-refractivity contribution in [1.29, 1.82) is 0 Å². The monoisotopic (exact) mass is 421 g/mol. The Labute approximate surface area is 160 Å². The molecule has 0 spiro atoms. The molecule has 3 aliphatic rings. The second kappa shape index (κ2) is 5.76. The molecule has 1 aromatic heterocycles. The number of hydrogen-bond acceptors (Lipinski definition) is 2. The first-order chi connectivity index (χ1) is 12.1. The van der Waals surface area contributed by atoms with E-state index in [0.29, 0.717) is 5.92 Å². The van der Waals surface area contributed by atoms with Crippen LogP contribution in [0.1, 0.15) is 42.1 Å². The van der Waals surface area contributed by atoms with Gasteiger partial charge in [-0.25, -0.2) is 4.39 Å². The summed E-state index contributed by atoms with van der Waals surface area (Å²) >= 11 is 9.04. The molecule has 2 N–H and O–H groups in total. The molecule has 3 nitrogen and oxygen atoms in total. The molecule has 0 radical (unpaired) electrons. The Bertz CT molecular complexity index is 901. The van der Waals surface area contributed by atoms with Crippen molar-refractivity contribution in [3.8, 4) is 0 Å². The van der Waals surface area contributed by atoms with Gasteiger partial charge in [0.25, 0.3) is 0 Å². The van der Waals surface area contributed by atoms with Gasteiger partial charge < -0.3 is 14.9 Å². The lowest BCUT2D eigenvalue weighted by atomic mass is 9.93. The normalized spacial score (nSPS) is 26.6. The highest BCUT2D eigenvalue weighted by Crippen LogP contribution is 2.66. The number of imidazole rings is 1. The summed E-state index contributed by atoms with van der Waals surface area (Å²) in [5.41, 5.74) is 3.30. The third-order valence-electron chi connectivity index (χ3n) is 6.10. The summed E-state index contributed by atoms with van der Waals surface area (Å²) in [4.78, 5) is 3.41. The standard InChI is InChI=1S/C19H21BrFN3S/c20-12-3-4-15(21)13(7-12)19-8-14(19)17-16(23-18(25)24(17)10-19)5-6-22-9-11-1-2-11/h3-4,7,11,14,22H,1-2,5-6,8-10H2,(H,23,25)/t14?,19-/m1/s1. The van der Waals surface area contributed by atoms with Gasteiger partial charge in [0.15, 0.2) is 4.77 Å². The van der Waals surface area contributed by atoms with E-state index in [9.17, 15) is 4.39 Å². The highest BCUT2D eigenvalue weighted by atomic mass is 79.9. The van der Waals surface area contributed by atoms with Crippen LogP contribution in [0.5, 0.6) is 0 Å². The van der Waals surface area contributed by atoms with Gasteiger partial charge in [0, 0.05) is 46.7 Å². The maximum absolute atomic E-state index is 14.5. The summed E-state index contributed by atoms with van der Waals surface area (Å²) in [6.45, 7) is 2.91. The van der Waals surface area contributed by atoms with Gasteiger partial charge in [-0.3, -0.25) is 0 Å². The molecule has 2 fully saturated rings. The molecule has 2 aliphatic carbocycles. The van der Waals surface area contributed by atoms with Crippen LogP contribution < -0.4 is 5.32 Å². The van der Waals surface area contributed by atoms with Crippen LogP contribution in [0.4, 0.5) is 4.39 Å². The summed E-state index contributed by atoms with van der Waals surface area (Å²) in [6, 6.07) is 5.29. The van der Waals surface area contributed by atoms with E-state index in [-0.39, 0.29) is 11.2 Å². The Morgan fingerprint density at radius 1 is 1.40 bits per heavy atom. The largest absolute Gasteiger partial charge is 0.334 e. The second-order valence-corrected chi connectivity index (χ2v) is 9.12. The van der Waals surface area contributed by atoms with Gasteiger partial charge in [0.1, 0.15) is 5.82 Å². The molecule has 0 saturated heterocycles. The molecule has 2 aromatic rings. The van der Waals surface area contributed by atoms with Crippen molar-refractivity contribution in [1.82, 2.24) is 14.9 Å². The molecular formula is C19H21BrFN3S. The van der Waals surface area contributed by atoms with Crippen molar-refractivity contribution in [2.45, 2.75) is 43.6 Å². The second-order valence-electron chi connectivity index (χ2n) is 7.81. The smallest absolute Gasteiger partial charge is 0.177 e. The van der Waals surface area contributed by atoms with Crippen LogP contribution in [0.25, 0.3) is 0 Å². The maximum atomic E-state index is 14.5. The van der Waals surface area contributed by atoms with Crippen LogP contribution in [0.15, 0.2) is 22.7 Å². The molecule has 1 unspecified atom stereocenters. The zero-order chi connectivity index (χ0) is 17.2. The number of rotatable bonds is 6. The minimum atomic E-state index is -0.0981. The van der Waals surface area contributed by atoms with E-state index in [1.807, 2.05) is 6.07 Å². The van der Waals surface area contributed by atoms with Gasteiger partial charge >= 0.3 is 0 Å². The lowest BCUT2D eigenvalue weighted by Crippen LogP contribution is -2.20. The third kappa shape index (κ3) is 2.64. The van der Waals surface area contributed by atoms with Gasteiger partial charge in [-0.15, -0.1) is 0 Å². The highest BCUT2D eigenvalue weighted by molar-refractivity contribution is 9.10. The zero-order valence-electron chi connectivity index (χ0n) is 13.9. The fourth-order valence-electron chi connectivity index (χ4n) is 4.50. The van der Waals surface area contributed by atoms with Crippen LogP contribution in [-0.4, -0.2) is 22.6 Å². The molecule has 2 heterocycles. The SMILES string of the molecule is Fc1ccc(Br)cc1[C@]12CC1c1c(CCNCC3CC3)[nH]c(=S)n1C2. The van der Waals surface area contributed by atoms with E-state index in [4.69, 9.17) is 12.2 Å². The first kappa shape index (κ1) is 16.2. The number of halogens is 2. The van der Waals surface area contributed by atoms with Crippen LogP contribution in [0.3, 0.4) is 0 Å². The number of H-pyrrole nitrogens is 1. The maximum Gasteiger partial charge on any atom is 0.177 e. The summed E-state index contributed by atoms with van der Waals surface area (Å²) in [5.74, 6) is 1.19. The fraction of sp³-hybridized carbons (Fsp3) is 0.526. The Morgan fingerprint density at radius 3 is 3.04 bits per heavy atom. The van der Waals surface area contributed by atoms with E-state index in [1.165, 1.54) is 24.2 Å². The van der Waals surface area contributed by atoms with Crippen molar-refractivity contribution in [3.05, 3.63) is 50.2 Å². The lowest BCUT2D eigenvalue weighted by Gasteiger charge is -2.14. The number of nitrogens with one attached hydrogen (secondary N) is 2. The highest BCUT2D eigenvalue weighted by Gasteiger charge is 2.63. The van der Waals surface area contributed by atoms with Gasteiger partial charge in [0.2, 0.25) is 0 Å². The van der Waals surface area contributed by atoms with E-state index < -0.39 is 0 Å². The van der Waals surface area contributed by atoms with E-state index in [2.05, 4.69) is 30.8 Å². The number of benzene rings is 1. The Kier molecular flexibility index (Phi) is 3.74. The summed E-state index contributed by atoms with van der Waals surface area (Å²) < 4.78 is 18.4. The lowest BCUT2D eigenvalue weighted by molar-refractivity contribution is 0.530. The average molecular weight is 422 g/mol. The predicted molar refractivity (Wildman–Crippen MR) is 102 cm³/mol. The quantitative estimate of drug-likeness (QED) is 0.534. The van der Waals surface area contributed by atoms with Gasteiger partial charge in [-0.05, 0) is 67.7 Å². The summed E-state index contributed by atoms with van der Waals surface area (Å²) in [5, 5.41) is 3.55. The molecule has 5 rings (SSSR count). The molecular weight excluding hydrogens is 401 g/mol. The van der Waals surface area contributed by atoms with E-state index in [1.54, 1.807) is 12.1 Å². The average Bonchev–Trinajstić information content (AvgIpc) is 3.49. The van der Waals surface area contributed by atoms with Crippen molar-refractivity contribution >= 4 is 28.1 Å². The minimum Gasteiger partial charge on any atom is -0.334 e. The first-order valence-corrected chi connectivity index (χ1v) is 10.3. The van der Waals surface area contributed by atoms with E-state index in [0.717, 1.165) is 53.2 Å². The fourth-order valence-corrected chi connectivity index (χ4v) is 5.15. The third-order valence-corrected chi connectivity index (χ3v) is 6.91.